The maximum Gasteiger partial charge on any atom is 0.407 e. The summed E-state index contributed by atoms with van der Waals surface area (Å²) in [7, 11) is 1.64. The first-order valence-corrected chi connectivity index (χ1v) is 12.9. The highest BCUT2D eigenvalue weighted by molar-refractivity contribution is 6.30. The van der Waals surface area contributed by atoms with E-state index < -0.39 is 6.09 Å². The second-order valence-corrected chi connectivity index (χ2v) is 9.28. The number of alkyl carbamates (subject to hydrolysis) is 1. The molecule has 8 heteroatoms. The van der Waals surface area contributed by atoms with Crippen LogP contribution in [0.3, 0.4) is 0 Å². The number of nitrogens with zero attached hydrogens (tertiary/aromatic N) is 2. The Balaban J connectivity index is 1.44. The summed E-state index contributed by atoms with van der Waals surface area (Å²) in [6.45, 7) is 7.34. The largest absolute Gasteiger partial charge is 0.493 e. The van der Waals surface area contributed by atoms with E-state index in [1.54, 1.807) is 7.11 Å². The number of ether oxygens (including phenoxy) is 3. The summed E-state index contributed by atoms with van der Waals surface area (Å²) in [5.74, 6) is 1.38. The molecule has 37 heavy (non-hydrogen) atoms. The molecule has 1 N–H and O–H groups in total. The average molecular weight is 524 g/mol. The number of piperazine rings is 1. The number of carbonyl (C=O) groups excluding carboxylic acids is 1. The number of benzene rings is 3. The van der Waals surface area contributed by atoms with E-state index in [-0.39, 0.29) is 6.61 Å². The lowest BCUT2D eigenvalue weighted by atomic mass is 10.1. The minimum atomic E-state index is -0.462. The van der Waals surface area contributed by atoms with Crippen molar-refractivity contribution in [3.63, 3.8) is 0 Å². The zero-order chi connectivity index (χ0) is 26.0. The van der Waals surface area contributed by atoms with Gasteiger partial charge in [0.15, 0.2) is 11.5 Å². The number of carbonyl (C=O) groups is 1. The molecule has 1 aliphatic heterocycles. The molecule has 196 valence electrons. The number of methoxy groups -OCH3 is 1. The van der Waals surface area contributed by atoms with Crippen LogP contribution in [0.25, 0.3) is 0 Å². The number of nitrogens with one attached hydrogen (secondary N) is 1. The molecule has 0 saturated carbocycles. The van der Waals surface area contributed by atoms with E-state index >= 15 is 0 Å². The van der Waals surface area contributed by atoms with E-state index in [4.69, 9.17) is 25.8 Å². The molecule has 7 nitrogen and oxygen atoms in total. The Morgan fingerprint density at radius 3 is 2.35 bits per heavy atom. The van der Waals surface area contributed by atoms with Gasteiger partial charge in [-0.25, -0.2) is 4.79 Å². The predicted octanol–water partition coefficient (Wildman–Crippen LogP) is 5.50. The number of amides is 1. The standard InChI is InChI=1S/C29H34ClN3O4/c1-3-36-28-26(35-2)14-11-24(19-31-29(34)37-21-23-7-5-4-6-8-23)27(28)33-17-15-32(16-18-33)20-22-9-12-25(30)13-10-22/h4-14H,3,15-21H2,1-2H3,(H,31,34). The van der Waals surface area contributed by atoms with Crippen molar-refractivity contribution in [2.24, 2.45) is 0 Å². The van der Waals surface area contributed by atoms with Crippen molar-refractivity contribution in [3.8, 4) is 11.5 Å². The average Bonchev–Trinajstić information content (AvgIpc) is 2.93. The number of hydrogen-bond donors (Lipinski definition) is 1. The van der Waals surface area contributed by atoms with Gasteiger partial charge in [-0.1, -0.05) is 60.1 Å². The van der Waals surface area contributed by atoms with Crippen LogP contribution in [0, 0.1) is 0 Å². The smallest absolute Gasteiger partial charge is 0.407 e. The number of halogens is 1. The summed E-state index contributed by atoms with van der Waals surface area (Å²) in [6, 6.07) is 21.5. The van der Waals surface area contributed by atoms with Gasteiger partial charge in [0.25, 0.3) is 0 Å². The van der Waals surface area contributed by atoms with Crippen LogP contribution in [0.4, 0.5) is 10.5 Å². The van der Waals surface area contributed by atoms with Crippen LogP contribution in [0.2, 0.25) is 5.02 Å². The van der Waals surface area contributed by atoms with Crippen LogP contribution in [0.5, 0.6) is 11.5 Å². The van der Waals surface area contributed by atoms with Crippen LogP contribution < -0.4 is 19.7 Å². The Kier molecular flexibility index (Phi) is 9.52. The number of rotatable bonds is 10. The van der Waals surface area contributed by atoms with Gasteiger partial charge in [-0.15, -0.1) is 0 Å². The number of anilines is 1. The summed E-state index contributed by atoms with van der Waals surface area (Å²) in [4.78, 5) is 17.2. The fourth-order valence-electron chi connectivity index (χ4n) is 4.45. The molecule has 0 bridgehead atoms. The van der Waals surface area contributed by atoms with Crippen molar-refractivity contribution in [2.45, 2.75) is 26.6 Å². The van der Waals surface area contributed by atoms with Crippen molar-refractivity contribution in [1.82, 2.24) is 10.2 Å². The Labute approximate surface area is 223 Å². The zero-order valence-corrected chi connectivity index (χ0v) is 22.2. The van der Waals surface area contributed by atoms with Crippen molar-refractivity contribution in [2.75, 3.05) is 44.8 Å². The molecule has 0 aromatic heterocycles. The van der Waals surface area contributed by atoms with E-state index in [1.807, 2.05) is 61.5 Å². The van der Waals surface area contributed by atoms with Crippen LogP contribution >= 0.6 is 11.6 Å². The van der Waals surface area contributed by atoms with E-state index in [1.165, 1.54) is 5.56 Å². The minimum absolute atomic E-state index is 0.224. The third kappa shape index (κ3) is 7.31. The molecule has 1 heterocycles. The summed E-state index contributed by atoms with van der Waals surface area (Å²) in [6.07, 6.45) is -0.462. The van der Waals surface area contributed by atoms with Crippen molar-refractivity contribution in [3.05, 3.63) is 88.4 Å². The fraction of sp³-hybridized carbons (Fsp3) is 0.345. The van der Waals surface area contributed by atoms with Gasteiger partial charge >= 0.3 is 6.09 Å². The van der Waals surface area contributed by atoms with E-state index in [0.717, 1.165) is 54.6 Å². The first kappa shape index (κ1) is 26.6. The summed E-state index contributed by atoms with van der Waals surface area (Å²) < 4.78 is 17.1. The van der Waals surface area contributed by atoms with Gasteiger partial charge in [-0.05, 0) is 41.8 Å². The maximum atomic E-state index is 12.4. The molecule has 0 radical (unpaired) electrons. The predicted molar refractivity (Wildman–Crippen MR) is 147 cm³/mol. The Bertz CT molecular complexity index is 1150. The third-order valence-corrected chi connectivity index (χ3v) is 6.58. The quantitative estimate of drug-likeness (QED) is 0.379. The molecule has 3 aromatic rings. The highest BCUT2D eigenvalue weighted by Gasteiger charge is 2.25. The molecule has 0 atom stereocenters. The summed E-state index contributed by atoms with van der Waals surface area (Å²) in [5.41, 5.74) is 4.09. The van der Waals surface area contributed by atoms with E-state index in [2.05, 4.69) is 27.2 Å². The lowest BCUT2D eigenvalue weighted by Gasteiger charge is -2.38. The van der Waals surface area contributed by atoms with Gasteiger partial charge in [-0.3, -0.25) is 4.90 Å². The molecule has 1 amide bonds. The molecule has 4 rings (SSSR count). The molecular formula is C29H34ClN3O4. The zero-order valence-electron chi connectivity index (χ0n) is 21.4. The van der Waals surface area contributed by atoms with E-state index in [9.17, 15) is 4.79 Å². The van der Waals surface area contributed by atoms with Gasteiger partial charge in [0.2, 0.25) is 0 Å². The fourth-order valence-corrected chi connectivity index (χ4v) is 4.57. The molecule has 0 unspecified atom stereocenters. The van der Waals surface area contributed by atoms with Crippen LogP contribution in [-0.4, -0.2) is 50.9 Å². The van der Waals surface area contributed by atoms with Crippen molar-refractivity contribution < 1.29 is 19.0 Å². The van der Waals surface area contributed by atoms with Gasteiger partial charge < -0.3 is 24.4 Å². The van der Waals surface area contributed by atoms with Gasteiger partial charge in [0.1, 0.15) is 6.61 Å². The molecule has 3 aromatic carbocycles. The first-order valence-electron chi connectivity index (χ1n) is 12.6. The Hall–Kier alpha value is -3.42. The van der Waals surface area contributed by atoms with Crippen LogP contribution in [0.15, 0.2) is 66.7 Å². The summed E-state index contributed by atoms with van der Waals surface area (Å²) >= 11 is 6.04. The SMILES string of the molecule is CCOc1c(OC)ccc(CNC(=O)OCc2ccccc2)c1N1CCN(Cc2ccc(Cl)cc2)CC1. The highest BCUT2D eigenvalue weighted by atomic mass is 35.5. The van der Waals surface area contributed by atoms with Gasteiger partial charge in [0.05, 0.1) is 19.4 Å². The second kappa shape index (κ2) is 13.2. The van der Waals surface area contributed by atoms with Gasteiger partial charge in [-0.2, -0.15) is 0 Å². The van der Waals surface area contributed by atoms with Crippen LogP contribution in [-0.2, 0) is 24.4 Å². The van der Waals surface area contributed by atoms with E-state index in [0.29, 0.717) is 24.7 Å². The van der Waals surface area contributed by atoms with Crippen molar-refractivity contribution in [1.29, 1.82) is 0 Å². The number of hydrogen-bond acceptors (Lipinski definition) is 6. The lowest BCUT2D eigenvalue weighted by molar-refractivity contribution is 0.139. The maximum absolute atomic E-state index is 12.4. The topological polar surface area (TPSA) is 63.3 Å². The van der Waals surface area contributed by atoms with Crippen molar-refractivity contribution >= 4 is 23.4 Å². The Morgan fingerprint density at radius 1 is 0.946 bits per heavy atom. The highest BCUT2D eigenvalue weighted by Crippen LogP contribution is 2.41. The normalized spacial score (nSPS) is 13.8. The van der Waals surface area contributed by atoms with Crippen LogP contribution in [0.1, 0.15) is 23.6 Å². The molecule has 1 saturated heterocycles. The molecule has 0 aliphatic carbocycles. The molecular weight excluding hydrogens is 490 g/mol. The Morgan fingerprint density at radius 2 is 1.68 bits per heavy atom. The monoisotopic (exact) mass is 523 g/mol. The van der Waals surface area contributed by atoms with Gasteiger partial charge in [0, 0.05) is 44.3 Å². The lowest BCUT2D eigenvalue weighted by Crippen LogP contribution is -2.46. The second-order valence-electron chi connectivity index (χ2n) is 8.84. The molecule has 1 aliphatic rings. The third-order valence-electron chi connectivity index (χ3n) is 6.33. The summed E-state index contributed by atoms with van der Waals surface area (Å²) in [5, 5.41) is 3.65. The molecule has 1 fully saturated rings. The minimum Gasteiger partial charge on any atom is -0.493 e. The first-order chi connectivity index (χ1) is 18.1. The molecule has 0 spiro atoms.